The quantitative estimate of drug-likeness (QED) is 0.484. The number of aromatic amines is 1. The van der Waals surface area contributed by atoms with Crippen LogP contribution in [0, 0.1) is 5.92 Å². The van der Waals surface area contributed by atoms with Crippen molar-refractivity contribution in [2.45, 2.75) is 38.8 Å². The molecule has 1 fully saturated rings. The summed E-state index contributed by atoms with van der Waals surface area (Å²) in [5.74, 6) is 0.291. The van der Waals surface area contributed by atoms with E-state index in [0.29, 0.717) is 17.5 Å². The molecule has 176 valence electrons. The first kappa shape index (κ1) is 24.8. The van der Waals surface area contributed by atoms with E-state index in [9.17, 15) is 9.59 Å². The second-order valence-corrected chi connectivity index (χ2v) is 8.93. The van der Waals surface area contributed by atoms with Crippen LogP contribution >= 0.6 is 12.4 Å². The summed E-state index contributed by atoms with van der Waals surface area (Å²) in [4.78, 5) is 31.6. The van der Waals surface area contributed by atoms with E-state index in [2.05, 4.69) is 29.5 Å². The molecular formula is C26H33ClN4O2. The summed E-state index contributed by atoms with van der Waals surface area (Å²) in [5.41, 5.74) is 2.24. The molecule has 6 nitrogen and oxygen atoms in total. The second kappa shape index (κ2) is 11.3. The van der Waals surface area contributed by atoms with Crippen LogP contribution in [0.4, 0.5) is 0 Å². The number of rotatable bonds is 7. The summed E-state index contributed by atoms with van der Waals surface area (Å²) in [5, 5.41) is 7.55. The van der Waals surface area contributed by atoms with Crippen LogP contribution in [0.3, 0.4) is 0 Å². The summed E-state index contributed by atoms with van der Waals surface area (Å²) in [7, 11) is 0. The molecule has 3 aromatic rings. The molecule has 1 saturated heterocycles. The third-order valence-corrected chi connectivity index (χ3v) is 6.21. The van der Waals surface area contributed by atoms with Crippen molar-refractivity contribution in [3.8, 4) is 0 Å². The topological polar surface area (TPSA) is 77.2 Å². The maximum Gasteiger partial charge on any atom is 0.252 e. The maximum atomic E-state index is 13.5. The van der Waals surface area contributed by atoms with Crippen LogP contribution in [0.1, 0.15) is 48.7 Å². The monoisotopic (exact) mass is 468 g/mol. The largest absolute Gasteiger partial charge is 0.361 e. The molecule has 2 aromatic carbocycles. The highest BCUT2D eigenvalue weighted by molar-refractivity contribution is 6.00. The van der Waals surface area contributed by atoms with E-state index in [-0.39, 0.29) is 24.2 Å². The molecule has 7 heteroatoms. The zero-order valence-electron chi connectivity index (χ0n) is 19.2. The van der Waals surface area contributed by atoms with Gasteiger partial charge in [0.25, 0.3) is 5.91 Å². The first-order valence-corrected chi connectivity index (χ1v) is 11.5. The van der Waals surface area contributed by atoms with Crippen molar-refractivity contribution in [3.63, 3.8) is 0 Å². The van der Waals surface area contributed by atoms with Gasteiger partial charge in [0.1, 0.15) is 6.04 Å². The van der Waals surface area contributed by atoms with Crippen molar-refractivity contribution in [1.29, 1.82) is 0 Å². The van der Waals surface area contributed by atoms with Crippen molar-refractivity contribution in [2.75, 3.05) is 19.6 Å². The Hall–Kier alpha value is -2.83. The molecule has 3 N–H and O–H groups in total. The zero-order valence-corrected chi connectivity index (χ0v) is 20.0. The molecule has 0 spiro atoms. The number of hydrogen-bond donors (Lipinski definition) is 3. The molecular weight excluding hydrogens is 436 g/mol. The third kappa shape index (κ3) is 6.15. The summed E-state index contributed by atoms with van der Waals surface area (Å²) >= 11 is 0. The average Bonchev–Trinajstić information content (AvgIpc) is 3.29. The first-order chi connectivity index (χ1) is 15.5. The molecule has 2 amide bonds. The number of amides is 2. The van der Waals surface area contributed by atoms with Gasteiger partial charge in [0, 0.05) is 36.4 Å². The fraction of sp³-hybridized carbons (Fsp3) is 0.385. The highest BCUT2D eigenvalue weighted by Crippen LogP contribution is 2.23. The molecule has 0 radical (unpaired) electrons. The number of nitrogens with one attached hydrogen (secondary N) is 3. The van der Waals surface area contributed by atoms with Crippen LogP contribution in [0.15, 0.2) is 60.8 Å². The number of piperidine rings is 1. The van der Waals surface area contributed by atoms with Gasteiger partial charge in [-0.05, 0) is 54.5 Å². The SMILES string of the molecule is CC(C)NCC1CCN(C(=O)[C@H](NC(=O)c2ccc3cc[nH]c3c2)c2ccccc2)CC1.Cl. The van der Waals surface area contributed by atoms with Gasteiger partial charge in [0.05, 0.1) is 0 Å². The summed E-state index contributed by atoms with van der Waals surface area (Å²) in [6, 6.07) is 16.8. The normalized spacial score (nSPS) is 15.3. The molecule has 0 aliphatic carbocycles. The van der Waals surface area contributed by atoms with Gasteiger partial charge in [-0.2, -0.15) is 0 Å². The minimum absolute atomic E-state index is 0. The molecule has 4 rings (SSSR count). The molecule has 2 heterocycles. The molecule has 1 aromatic heterocycles. The van der Waals surface area contributed by atoms with E-state index in [1.165, 1.54) is 0 Å². The van der Waals surface area contributed by atoms with Gasteiger partial charge >= 0.3 is 0 Å². The molecule has 0 saturated carbocycles. The number of hydrogen-bond acceptors (Lipinski definition) is 3. The Bertz CT molecular complexity index is 1060. The number of nitrogens with zero attached hydrogens (tertiary/aromatic N) is 1. The molecule has 1 aliphatic heterocycles. The predicted octanol–water partition coefficient (Wildman–Crippen LogP) is 4.30. The molecule has 1 atom stereocenters. The van der Waals surface area contributed by atoms with Gasteiger partial charge in [0.15, 0.2) is 0 Å². The number of carbonyl (C=O) groups excluding carboxylic acids is 2. The number of H-pyrrole nitrogens is 1. The number of aromatic nitrogens is 1. The fourth-order valence-electron chi connectivity index (χ4n) is 4.28. The standard InChI is InChI=1S/C26H32N4O2.ClH/c1-18(2)28-17-19-11-14-30(15-12-19)26(32)24(21-6-4-3-5-7-21)29-25(31)22-9-8-20-10-13-27-23(20)16-22;/h3-10,13,16,18-19,24,27-28H,11-12,14-15,17H2,1-2H3,(H,29,31);1H/t24-;/m1./s1. The maximum absolute atomic E-state index is 13.5. The van der Waals surface area contributed by atoms with E-state index in [0.717, 1.165) is 48.9 Å². The first-order valence-electron chi connectivity index (χ1n) is 11.5. The number of fused-ring (bicyclic) bond motifs is 1. The number of likely N-dealkylation sites (tertiary alicyclic amines) is 1. The van der Waals surface area contributed by atoms with Gasteiger partial charge in [-0.3, -0.25) is 9.59 Å². The number of carbonyl (C=O) groups is 2. The van der Waals surface area contributed by atoms with E-state index >= 15 is 0 Å². The van der Waals surface area contributed by atoms with E-state index in [1.54, 1.807) is 6.07 Å². The number of benzene rings is 2. The summed E-state index contributed by atoms with van der Waals surface area (Å²) in [6.45, 7) is 6.73. The van der Waals surface area contributed by atoms with Gasteiger partial charge in [-0.1, -0.05) is 50.2 Å². The molecule has 1 aliphatic rings. The Morgan fingerprint density at radius 3 is 2.48 bits per heavy atom. The van der Waals surface area contributed by atoms with Crippen LogP contribution in [-0.2, 0) is 4.79 Å². The lowest BCUT2D eigenvalue weighted by Gasteiger charge is -2.35. The summed E-state index contributed by atoms with van der Waals surface area (Å²) in [6.07, 6.45) is 3.80. The lowest BCUT2D eigenvalue weighted by atomic mass is 9.95. The van der Waals surface area contributed by atoms with Gasteiger partial charge in [0.2, 0.25) is 5.91 Å². The third-order valence-electron chi connectivity index (χ3n) is 6.21. The summed E-state index contributed by atoms with van der Waals surface area (Å²) < 4.78 is 0. The van der Waals surface area contributed by atoms with Gasteiger partial charge < -0.3 is 20.5 Å². The van der Waals surface area contributed by atoms with Crippen molar-refractivity contribution in [2.24, 2.45) is 5.92 Å². The predicted molar refractivity (Wildman–Crippen MR) is 135 cm³/mol. The van der Waals surface area contributed by atoms with Crippen LogP contribution in [-0.4, -0.2) is 47.4 Å². The Morgan fingerprint density at radius 1 is 1.06 bits per heavy atom. The van der Waals surface area contributed by atoms with Gasteiger partial charge in [-0.25, -0.2) is 0 Å². The fourth-order valence-corrected chi connectivity index (χ4v) is 4.28. The van der Waals surface area contributed by atoms with Crippen LogP contribution < -0.4 is 10.6 Å². The number of halogens is 1. The highest BCUT2D eigenvalue weighted by Gasteiger charge is 2.30. The lowest BCUT2D eigenvalue weighted by Crippen LogP contribution is -2.47. The second-order valence-electron chi connectivity index (χ2n) is 8.93. The van der Waals surface area contributed by atoms with Crippen LogP contribution in [0.5, 0.6) is 0 Å². The Balaban J connectivity index is 0.00000306. The van der Waals surface area contributed by atoms with Crippen molar-refractivity contribution >= 4 is 35.1 Å². The van der Waals surface area contributed by atoms with E-state index in [1.807, 2.05) is 59.6 Å². The Labute approximate surface area is 201 Å². The lowest BCUT2D eigenvalue weighted by molar-refractivity contribution is -0.134. The van der Waals surface area contributed by atoms with Gasteiger partial charge in [-0.15, -0.1) is 12.4 Å². The Kier molecular flexibility index (Phi) is 8.53. The smallest absolute Gasteiger partial charge is 0.252 e. The molecule has 0 unspecified atom stereocenters. The molecule has 0 bridgehead atoms. The van der Waals surface area contributed by atoms with E-state index < -0.39 is 6.04 Å². The zero-order chi connectivity index (χ0) is 22.5. The van der Waals surface area contributed by atoms with Crippen molar-refractivity contribution < 1.29 is 9.59 Å². The Morgan fingerprint density at radius 2 is 1.79 bits per heavy atom. The minimum atomic E-state index is -0.701. The van der Waals surface area contributed by atoms with E-state index in [4.69, 9.17) is 0 Å². The minimum Gasteiger partial charge on any atom is -0.361 e. The molecule has 33 heavy (non-hydrogen) atoms. The average molecular weight is 469 g/mol. The van der Waals surface area contributed by atoms with Crippen LogP contribution in [0.2, 0.25) is 0 Å². The van der Waals surface area contributed by atoms with Crippen LogP contribution in [0.25, 0.3) is 10.9 Å². The highest BCUT2D eigenvalue weighted by atomic mass is 35.5. The van der Waals surface area contributed by atoms with Crippen molar-refractivity contribution in [1.82, 2.24) is 20.5 Å². The van der Waals surface area contributed by atoms with Crippen molar-refractivity contribution in [3.05, 3.63) is 71.9 Å².